The monoisotopic (exact) mass is 347 g/mol. The Kier molecular flexibility index (Phi) is 5.97. The topological polar surface area (TPSA) is 106 Å². The van der Waals surface area contributed by atoms with Crippen LogP contribution in [0.25, 0.3) is 0 Å². The predicted molar refractivity (Wildman–Crippen MR) is 87.5 cm³/mol. The highest BCUT2D eigenvalue weighted by Crippen LogP contribution is 2.24. The minimum atomic E-state index is -3.62. The Morgan fingerprint density at radius 3 is 2.55 bits per heavy atom. The van der Waals surface area contributed by atoms with Crippen molar-refractivity contribution in [3.8, 4) is 0 Å². The number of amides is 1. The second kappa shape index (κ2) is 6.95. The average Bonchev–Trinajstić information content (AvgIpc) is 2.41. The van der Waals surface area contributed by atoms with Gasteiger partial charge in [-0.2, -0.15) is 4.31 Å². The van der Waals surface area contributed by atoms with Crippen LogP contribution in [0.2, 0.25) is 0 Å². The van der Waals surface area contributed by atoms with E-state index in [1.165, 1.54) is 16.4 Å². The quantitative estimate of drug-likeness (QED) is 0.846. The zero-order chi connectivity index (χ0) is 15.8. The lowest BCUT2D eigenvalue weighted by Crippen LogP contribution is -2.48. The zero-order valence-electron chi connectivity index (χ0n) is 12.7. The molecule has 0 radical (unpaired) electrons. The molecule has 1 heterocycles. The molecule has 1 aliphatic heterocycles. The fourth-order valence-electron chi connectivity index (χ4n) is 2.52. The molecule has 124 valence electrons. The Labute approximate surface area is 137 Å². The minimum absolute atomic E-state index is 0. The van der Waals surface area contributed by atoms with E-state index in [1.54, 1.807) is 13.0 Å². The number of nitrogens with zero attached hydrogens (tertiary/aromatic N) is 1. The molecule has 0 aliphatic carbocycles. The first-order chi connectivity index (χ1) is 9.73. The van der Waals surface area contributed by atoms with E-state index in [9.17, 15) is 13.2 Å². The van der Waals surface area contributed by atoms with Gasteiger partial charge < -0.3 is 11.5 Å². The van der Waals surface area contributed by atoms with Gasteiger partial charge >= 0.3 is 0 Å². The number of aryl methyl sites for hydroxylation is 1. The molecular formula is C14H22ClN3O3S. The number of benzene rings is 1. The molecule has 0 bridgehead atoms. The van der Waals surface area contributed by atoms with Crippen molar-refractivity contribution in [2.24, 2.45) is 17.4 Å². The van der Waals surface area contributed by atoms with Crippen molar-refractivity contribution >= 4 is 28.3 Å². The van der Waals surface area contributed by atoms with Crippen LogP contribution in [0.15, 0.2) is 23.1 Å². The van der Waals surface area contributed by atoms with E-state index in [4.69, 9.17) is 11.5 Å². The summed E-state index contributed by atoms with van der Waals surface area (Å²) in [6.45, 7) is 4.45. The molecule has 2 rings (SSSR count). The lowest BCUT2D eigenvalue weighted by Gasteiger charge is -2.34. The Morgan fingerprint density at radius 1 is 1.36 bits per heavy atom. The maximum absolute atomic E-state index is 12.7. The Morgan fingerprint density at radius 2 is 2.00 bits per heavy atom. The van der Waals surface area contributed by atoms with E-state index in [0.29, 0.717) is 25.1 Å². The molecule has 6 nitrogen and oxygen atoms in total. The van der Waals surface area contributed by atoms with Crippen LogP contribution in [0.3, 0.4) is 0 Å². The van der Waals surface area contributed by atoms with Crippen LogP contribution in [-0.2, 0) is 10.0 Å². The maximum atomic E-state index is 12.7. The van der Waals surface area contributed by atoms with Crippen LogP contribution in [0.1, 0.15) is 29.3 Å². The van der Waals surface area contributed by atoms with Gasteiger partial charge in [-0.15, -0.1) is 12.4 Å². The van der Waals surface area contributed by atoms with E-state index in [-0.39, 0.29) is 34.8 Å². The van der Waals surface area contributed by atoms with E-state index >= 15 is 0 Å². The fourth-order valence-corrected chi connectivity index (χ4v) is 4.10. The molecule has 0 saturated carbocycles. The van der Waals surface area contributed by atoms with E-state index in [2.05, 4.69) is 0 Å². The van der Waals surface area contributed by atoms with Crippen molar-refractivity contribution in [1.29, 1.82) is 0 Å². The Bertz CT molecular complexity index is 663. The first-order valence-electron chi connectivity index (χ1n) is 6.89. The highest BCUT2D eigenvalue weighted by Gasteiger charge is 2.32. The summed E-state index contributed by atoms with van der Waals surface area (Å²) in [6, 6.07) is 4.49. The predicted octanol–water partition coefficient (Wildman–Crippen LogP) is 0.874. The van der Waals surface area contributed by atoms with Crippen molar-refractivity contribution in [2.45, 2.75) is 31.2 Å². The van der Waals surface area contributed by atoms with E-state index in [0.717, 1.165) is 0 Å². The third kappa shape index (κ3) is 3.60. The summed E-state index contributed by atoms with van der Waals surface area (Å²) in [5.41, 5.74) is 12.1. The summed E-state index contributed by atoms with van der Waals surface area (Å²) < 4.78 is 26.7. The van der Waals surface area contributed by atoms with Crippen LogP contribution >= 0.6 is 12.4 Å². The summed E-state index contributed by atoms with van der Waals surface area (Å²) in [7, 11) is -3.62. The number of hydrogen-bond donors (Lipinski definition) is 2. The van der Waals surface area contributed by atoms with E-state index < -0.39 is 15.9 Å². The van der Waals surface area contributed by atoms with Gasteiger partial charge in [-0.25, -0.2) is 8.42 Å². The van der Waals surface area contributed by atoms with Crippen LogP contribution in [0.5, 0.6) is 0 Å². The zero-order valence-corrected chi connectivity index (χ0v) is 14.3. The number of carbonyl (C=O) groups excluding carboxylic acids is 1. The lowest BCUT2D eigenvalue weighted by atomic mass is 9.96. The summed E-state index contributed by atoms with van der Waals surface area (Å²) in [6.07, 6.45) is 0.634. The molecule has 2 atom stereocenters. The van der Waals surface area contributed by atoms with Gasteiger partial charge in [0.1, 0.15) is 0 Å². The largest absolute Gasteiger partial charge is 0.366 e. The smallest absolute Gasteiger partial charge is 0.249 e. The number of hydrogen-bond acceptors (Lipinski definition) is 4. The van der Waals surface area contributed by atoms with Gasteiger partial charge in [-0.1, -0.05) is 13.0 Å². The summed E-state index contributed by atoms with van der Waals surface area (Å²) in [4.78, 5) is 11.5. The standard InChI is InChI=1S/C14H21N3O3S.ClH/c1-9-3-4-11(7-12(9)14(16)18)21(19,20)17-6-5-13(15)10(2)8-17;/h3-4,7,10,13H,5-6,8,15H2,1-2H3,(H2,16,18);1H. The number of piperidine rings is 1. The first kappa shape index (κ1) is 18.9. The fraction of sp³-hybridized carbons (Fsp3) is 0.500. The third-order valence-electron chi connectivity index (χ3n) is 4.05. The second-order valence-corrected chi connectivity index (χ2v) is 7.57. The molecule has 1 aliphatic rings. The number of primary amides is 1. The summed E-state index contributed by atoms with van der Waals surface area (Å²) in [5.74, 6) is -0.520. The molecule has 1 saturated heterocycles. The molecule has 8 heteroatoms. The highest BCUT2D eigenvalue weighted by molar-refractivity contribution is 7.89. The first-order valence-corrected chi connectivity index (χ1v) is 8.33. The van der Waals surface area contributed by atoms with Gasteiger partial charge in [0.15, 0.2) is 0 Å². The average molecular weight is 348 g/mol. The van der Waals surface area contributed by atoms with Crippen molar-refractivity contribution < 1.29 is 13.2 Å². The van der Waals surface area contributed by atoms with Gasteiger partial charge in [0.2, 0.25) is 15.9 Å². The normalized spacial score (nSPS) is 22.9. The van der Waals surface area contributed by atoms with Crippen molar-refractivity contribution in [2.75, 3.05) is 13.1 Å². The Balaban J connectivity index is 0.00000242. The molecule has 1 amide bonds. The van der Waals surface area contributed by atoms with E-state index in [1.807, 2.05) is 6.92 Å². The molecular weight excluding hydrogens is 326 g/mol. The van der Waals surface area contributed by atoms with Crippen LogP contribution < -0.4 is 11.5 Å². The van der Waals surface area contributed by atoms with Gasteiger partial charge in [0.25, 0.3) is 0 Å². The minimum Gasteiger partial charge on any atom is -0.366 e. The molecule has 1 fully saturated rings. The molecule has 22 heavy (non-hydrogen) atoms. The SMILES string of the molecule is Cc1ccc(S(=O)(=O)N2CCC(N)C(C)C2)cc1C(N)=O.Cl. The molecule has 1 aromatic rings. The number of rotatable bonds is 3. The molecule has 1 aromatic carbocycles. The summed E-state index contributed by atoms with van der Waals surface area (Å²) >= 11 is 0. The molecule has 2 unspecified atom stereocenters. The van der Waals surface area contributed by atoms with Gasteiger partial charge in [-0.3, -0.25) is 4.79 Å². The van der Waals surface area contributed by atoms with Crippen LogP contribution in [-0.4, -0.2) is 37.8 Å². The number of sulfonamides is 1. The van der Waals surface area contributed by atoms with Gasteiger partial charge in [0, 0.05) is 24.7 Å². The van der Waals surface area contributed by atoms with Crippen LogP contribution in [0, 0.1) is 12.8 Å². The summed E-state index contributed by atoms with van der Waals surface area (Å²) in [5, 5.41) is 0. The van der Waals surface area contributed by atoms with Gasteiger partial charge in [0.05, 0.1) is 4.90 Å². The molecule has 0 spiro atoms. The second-order valence-electron chi connectivity index (χ2n) is 5.63. The number of carbonyl (C=O) groups is 1. The van der Waals surface area contributed by atoms with Gasteiger partial charge in [-0.05, 0) is 37.0 Å². The highest BCUT2D eigenvalue weighted by atomic mass is 35.5. The third-order valence-corrected chi connectivity index (χ3v) is 5.91. The number of nitrogens with two attached hydrogens (primary N) is 2. The maximum Gasteiger partial charge on any atom is 0.249 e. The van der Waals surface area contributed by atoms with Crippen molar-refractivity contribution in [3.63, 3.8) is 0 Å². The van der Waals surface area contributed by atoms with Crippen molar-refractivity contribution in [3.05, 3.63) is 29.3 Å². The Hall–Kier alpha value is -1.15. The van der Waals surface area contributed by atoms with Crippen molar-refractivity contribution in [1.82, 2.24) is 4.31 Å². The molecule has 4 N–H and O–H groups in total. The number of halogens is 1. The van der Waals surface area contributed by atoms with Crippen LogP contribution in [0.4, 0.5) is 0 Å². The molecule has 0 aromatic heterocycles. The lowest BCUT2D eigenvalue weighted by molar-refractivity contribution is 0.0999.